The number of rotatable bonds is 4. The fourth-order valence-corrected chi connectivity index (χ4v) is 2.19. The zero-order chi connectivity index (χ0) is 13.0. The van der Waals surface area contributed by atoms with Gasteiger partial charge in [0.2, 0.25) is 0 Å². The maximum absolute atomic E-state index is 11.8. The van der Waals surface area contributed by atoms with E-state index >= 15 is 0 Å². The molecule has 2 atom stereocenters. The molecule has 17 heavy (non-hydrogen) atoms. The third-order valence-electron chi connectivity index (χ3n) is 3.07. The van der Waals surface area contributed by atoms with E-state index in [-0.39, 0.29) is 18.2 Å². The van der Waals surface area contributed by atoms with Crippen LogP contribution in [0, 0.1) is 11.8 Å². The van der Waals surface area contributed by atoms with Gasteiger partial charge < -0.3 is 14.2 Å². The van der Waals surface area contributed by atoms with Crippen molar-refractivity contribution in [1.82, 2.24) is 0 Å². The lowest BCUT2D eigenvalue weighted by molar-refractivity contribution is -0.148. The first kappa shape index (κ1) is 14.0. The molecule has 0 radical (unpaired) electrons. The molecule has 0 unspecified atom stereocenters. The summed E-state index contributed by atoms with van der Waals surface area (Å²) in [7, 11) is 1.40. The predicted octanol–water partition coefficient (Wildman–Crippen LogP) is 2.49. The summed E-state index contributed by atoms with van der Waals surface area (Å²) in [6, 6.07) is 0. The number of hydrogen-bond acceptors (Lipinski definition) is 4. The highest BCUT2D eigenvalue weighted by molar-refractivity contribution is 5.89. The van der Waals surface area contributed by atoms with Crippen LogP contribution in [0.5, 0.6) is 0 Å². The second-order valence-corrected chi connectivity index (χ2v) is 4.55. The molecule has 4 nitrogen and oxygen atoms in total. The summed E-state index contributed by atoms with van der Waals surface area (Å²) in [5.74, 6) is 0.815. The second kappa shape index (κ2) is 6.05. The van der Waals surface area contributed by atoms with E-state index in [1.807, 2.05) is 6.92 Å². The van der Waals surface area contributed by atoms with Gasteiger partial charge >= 0.3 is 5.97 Å². The Bertz CT molecular complexity index is 307. The molecule has 0 saturated heterocycles. The molecule has 0 aromatic carbocycles. The zero-order valence-electron chi connectivity index (χ0n) is 11.3. The highest BCUT2D eigenvalue weighted by Crippen LogP contribution is 2.35. The van der Waals surface area contributed by atoms with E-state index in [9.17, 15) is 4.79 Å². The van der Waals surface area contributed by atoms with E-state index in [0.717, 1.165) is 0 Å². The Labute approximate surface area is 103 Å². The van der Waals surface area contributed by atoms with E-state index < -0.39 is 0 Å². The highest BCUT2D eigenvalue weighted by atomic mass is 16.7. The summed E-state index contributed by atoms with van der Waals surface area (Å²) in [6.07, 6.45) is 0.452. The molecule has 0 fully saturated rings. The average Bonchev–Trinajstić information content (AvgIpc) is 2.27. The van der Waals surface area contributed by atoms with Crippen LogP contribution in [0.2, 0.25) is 0 Å². The molecule has 0 saturated carbocycles. The van der Waals surface area contributed by atoms with Crippen LogP contribution in [0.1, 0.15) is 34.1 Å². The summed E-state index contributed by atoms with van der Waals surface area (Å²) >= 11 is 0. The van der Waals surface area contributed by atoms with Crippen molar-refractivity contribution >= 4 is 5.97 Å². The van der Waals surface area contributed by atoms with Crippen LogP contribution in [0.15, 0.2) is 11.3 Å². The number of allylic oxidation sites excluding steroid dienone is 1. The first-order chi connectivity index (χ1) is 8.01. The molecule has 0 N–H and O–H groups in total. The molecule has 98 valence electrons. The Kier molecular flexibility index (Phi) is 5.00. The van der Waals surface area contributed by atoms with Crippen LogP contribution in [0.3, 0.4) is 0 Å². The van der Waals surface area contributed by atoms with Crippen LogP contribution in [-0.4, -0.2) is 26.0 Å². The number of esters is 1. The van der Waals surface area contributed by atoms with Gasteiger partial charge in [0.05, 0.1) is 12.7 Å². The fraction of sp³-hybridized carbons (Fsp3) is 0.769. The molecular formula is C13H22O4. The molecular weight excluding hydrogens is 220 g/mol. The highest BCUT2D eigenvalue weighted by Gasteiger charge is 2.35. The predicted molar refractivity (Wildman–Crippen MR) is 64.2 cm³/mol. The summed E-state index contributed by atoms with van der Waals surface area (Å²) in [5, 5.41) is 0. The molecule has 4 heteroatoms. The Morgan fingerprint density at radius 3 is 2.65 bits per heavy atom. The van der Waals surface area contributed by atoms with Gasteiger partial charge in [-0.3, -0.25) is 0 Å². The smallest absolute Gasteiger partial charge is 0.337 e. The van der Waals surface area contributed by atoms with Crippen molar-refractivity contribution in [2.45, 2.75) is 40.4 Å². The van der Waals surface area contributed by atoms with Gasteiger partial charge in [-0.2, -0.15) is 0 Å². The van der Waals surface area contributed by atoms with Gasteiger partial charge in [-0.1, -0.05) is 13.8 Å². The van der Waals surface area contributed by atoms with Crippen molar-refractivity contribution in [2.24, 2.45) is 11.8 Å². The van der Waals surface area contributed by atoms with Crippen LogP contribution in [-0.2, 0) is 19.0 Å². The molecule has 0 aromatic heterocycles. The van der Waals surface area contributed by atoms with Crippen molar-refractivity contribution in [3.63, 3.8) is 0 Å². The molecule has 1 rings (SSSR count). The Hall–Kier alpha value is -1.03. The lowest BCUT2D eigenvalue weighted by Gasteiger charge is -2.33. The van der Waals surface area contributed by atoms with Crippen LogP contribution < -0.4 is 0 Å². The van der Waals surface area contributed by atoms with Gasteiger partial charge in [-0.05, 0) is 19.8 Å². The second-order valence-electron chi connectivity index (χ2n) is 4.55. The lowest BCUT2D eigenvalue weighted by Crippen LogP contribution is -2.33. The molecule has 0 amide bonds. The van der Waals surface area contributed by atoms with E-state index in [1.54, 1.807) is 6.92 Å². The first-order valence-electron chi connectivity index (χ1n) is 6.08. The normalized spacial score (nSPS) is 24.8. The topological polar surface area (TPSA) is 44.8 Å². The maximum atomic E-state index is 11.8. The van der Waals surface area contributed by atoms with Crippen molar-refractivity contribution in [1.29, 1.82) is 0 Å². The van der Waals surface area contributed by atoms with Gasteiger partial charge in [-0.25, -0.2) is 4.79 Å². The number of hydrogen-bond donors (Lipinski definition) is 0. The molecule has 1 aliphatic heterocycles. The van der Waals surface area contributed by atoms with E-state index in [2.05, 4.69) is 13.8 Å². The Morgan fingerprint density at radius 2 is 2.18 bits per heavy atom. The minimum atomic E-state index is -0.295. The fourth-order valence-electron chi connectivity index (χ4n) is 2.19. The lowest BCUT2D eigenvalue weighted by atomic mass is 9.83. The monoisotopic (exact) mass is 242 g/mol. The Balaban J connectivity index is 2.96. The van der Waals surface area contributed by atoms with Gasteiger partial charge in [0.15, 0.2) is 6.29 Å². The molecule has 0 aliphatic carbocycles. The molecule has 0 aromatic rings. The van der Waals surface area contributed by atoms with Gasteiger partial charge in [0.25, 0.3) is 0 Å². The number of carbonyl (C=O) groups is 1. The summed E-state index contributed by atoms with van der Waals surface area (Å²) in [6.45, 7) is 8.52. The third kappa shape index (κ3) is 3.22. The van der Waals surface area contributed by atoms with Crippen LogP contribution >= 0.6 is 0 Å². The minimum Gasteiger partial charge on any atom is -0.469 e. The first-order valence-corrected chi connectivity index (χ1v) is 6.08. The van der Waals surface area contributed by atoms with Gasteiger partial charge in [-0.15, -0.1) is 0 Å². The number of carbonyl (C=O) groups excluding carboxylic acids is 1. The summed E-state index contributed by atoms with van der Waals surface area (Å²) < 4.78 is 15.9. The average molecular weight is 242 g/mol. The van der Waals surface area contributed by atoms with E-state index in [1.165, 1.54) is 7.11 Å². The SMILES string of the molecule is CCO[C@H]1C[C@H](C(C)C)C(C(=O)OC)=C(C)O1. The molecule has 1 heterocycles. The Morgan fingerprint density at radius 1 is 1.53 bits per heavy atom. The van der Waals surface area contributed by atoms with E-state index in [0.29, 0.717) is 30.3 Å². The quantitative estimate of drug-likeness (QED) is 0.710. The van der Waals surface area contributed by atoms with Crippen molar-refractivity contribution in [2.75, 3.05) is 13.7 Å². The van der Waals surface area contributed by atoms with Crippen molar-refractivity contribution in [3.8, 4) is 0 Å². The summed E-state index contributed by atoms with van der Waals surface area (Å²) in [4.78, 5) is 11.8. The molecule has 0 spiro atoms. The number of ether oxygens (including phenoxy) is 3. The third-order valence-corrected chi connectivity index (χ3v) is 3.07. The largest absolute Gasteiger partial charge is 0.469 e. The van der Waals surface area contributed by atoms with Crippen molar-refractivity contribution in [3.05, 3.63) is 11.3 Å². The van der Waals surface area contributed by atoms with Crippen LogP contribution in [0.25, 0.3) is 0 Å². The molecule has 1 aliphatic rings. The van der Waals surface area contributed by atoms with Gasteiger partial charge in [0.1, 0.15) is 5.76 Å². The van der Waals surface area contributed by atoms with E-state index in [4.69, 9.17) is 14.2 Å². The van der Waals surface area contributed by atoms with Gasteiger partial charge in [0, 0.05) is 18.9 Å². The minimum absolute atomic E-state index is 0.132. The number of methoxy groups -OCH3 is 1. The maximum Gasteiger partial charge on any atom is 0.337 e. The van der Waals surface area contributed by atoms with Crippen LogP contribution in [0.4, 0.5) is 0 Å². The standard InChI is InChI=1S/C13H22O4/c1-6-16-11-7-10(8(2)3)12(9(4)17-11)13(14)15-5/h8,10-11H,6-7H2,1-5H3/t10-,11-/m1/s1. The zero-order valence-corrected chi connectivity index (χ0v) is 11.3. The molecule has 0 bridgehead atoms. The summed E-state index contributed by atoms with van der Waals surface area (Å²) in [5.41, 5.74) is 0.651. The van der Waals surface area contributed by atoms with Crippen molar-refractivity contribution < 1.29 is 19.0 Å².